The summed E-state index contributed by atoms with van der Waals surface area (Å²) >= 11 is 0. The van der Waals surface area contributed by atoms with Gasteiger partial charge in [0.15, 0.2) is 5.84 Å². The molecule has 0 radical (unpaired) electrons. The number of para-hydroxylation sites is 2. The molecular weight excluding hydrogens is 303 g/mol. The molecule has 0 fully saturated rings. The summed E-state index contributed by atoms with van der Waals surface area (Å²) in [5.74, 6) is 0.886. The highest BCUT2D eigenvalue weighted by Crippen LogP contribution is 2.28. The Bertz CT molecular complexity index is 931. The maximum atomic E-state index is 13.2. The molecule has 1 aromatic heterocycles. The zero-order valence-electron chi connectivity index (χ0n) is 12.6. The largest absolute Gasteiger partial charge is 0.338 e. The molecule has 3 aromatic rings. The monoisotopic (exact) mass is 316 g/mol. The third-order valence-electron chi connectivity index (χ3n) is 3.64. The molecule has 2 aromatic carbocycles. The first-order valence-corrected chi connectivity index (χ1v) is 7.49. The van der Waals surface area contributed by atoms with Crippen molar-refractivity contribution in [1.29, 1.82) is 0 Å². The Morgan fingerprint density at radius 3 is 2.42 bits per heavy atom. The quantitative estimate of drug-likeness (QED) is 0.771. The molecule has 0 amide bonds. The van der Waals surface area contributed by atoms with E-state index >= 15 is 0 Å². The first-order chi connectivity index (χ1) is 11.8. The Hall–Kier alpha value is -3.34. The number of pyridine rings is 1. The second kappa shape index (κ2) is 6.04. The number of nitrogens with one attached hydrogen (secondary N) is 1. The van der Waals surface area contributed by atoms with Gasteiger partial charge >= 0.3 is 0 Å². The molecule has 1 aliphatic heterocycles. The van der Waals surface area contributed by atoms with E-state index in [2.05, 4.69) is 20.3 Å². The second-order valence-corrected chi connectivity index (χ2v) is 5.29. The zero-order valence-corrected chi connectivity index (χ0v) is 12.6. The standard InChI is InChI=1S/C19H13FN4/c20-15-9-7-13(8-10-15)18-22-16-5-1-2-6-17(16)23-19(24-18)14-4-3-11-21-12-14/h1-12H,(H,22,23,24). The van der Waals surface area contributed by atoms with Crippen LogP contribution in [-0.4, -0.2) is 16.7 Å². The van der Waals surface area contributed by atoms with E-state index in [1.165, 1.54) is 12.1 Å². The molecule has 0 spiro atoms. The first kappa shape index (κ1) is 14.3. The van der Waals surface area contributed by atoms with Crippen molar-refractivity contribution in [3.8, 4) is 0 Å². The Kier molecular flexibility index (Phi) is 3.59. The van der Waals surface area contributed by atoms with Crippen molar-refractivity contribution in [1.82, 2.24) is 4.98 Å². The van der Waals surface area contributed by atoms with Crippen LogP contribution in [-0.2, 0) is 0 Å². The average molecular weight is 316 g/mol. The van der Waals surface area contributed by atoms with Crippen LogP contribution in [0.1, 0.15) is 11.1 Å². The van der Waals surface area contributed by atoms with Gasteiger partial charge < -0.3 is 5.32 Å². The fourth-order valence-electron chi connectivity index (χ4n) is 2.45. The van der Waals surface area contributed by atoms with Crippen molar-refractivity contribution in [3.05, 3.63) is 90.0 Å². The first-order valence-electron chi connectivity index (χ1n) is 7.49. The molecule has 1 aliphatic rings. The lowest BCUT2D eigenvalue weighted by atomic mass is 10.2. The van der Waals surface area contributed by atoms with Crippen molar-refractivity contribution >= 4 is 23.0 Å². The highest BCUT2D eigenvalue weighted by Gasteiger charge is 2.15. The van der Waals surface area contributed by atoms with Gasteiger partial charge in [0.2, 0.25) is 0 Å². The van der Waals surface area contributed by atoms with Crippen LogP contribution >= 0.6 is 0 Å². The molecule has 116 valence electrons. The predicted molar refractivity (Wildman–Crippen MR) is 93.4 cm³/mol. The summed E-state index contributed by atoms with van der Waals surface area (Å²) in [5.41, 5.74) is 3.23. The number of anilines is 1. The Labute approximate surface area is 138 Å². The van der Waals surface area contributed by atoms with E-state index in [-0.39, 0.29) is 5.82 Å². The van der Waals surface area contributed by atoms with Gasteiger partial charge in [-0.2, -0.15) is 0 Å². The number of hydrogen-bond donors (Lipinski definition) is 1. The van der Waals surface area contributed by atoms with Gasteiger partial charge in [0, 0.05) is 23.5 Å². The average Bonchev–Trinajstić information content (AvgIpc) is 2.83. The summed E-state index contributed by atoms with van der Waals surface area (Å²) in [5, 5.41) is 3.29. The topological polar surface area (TPSA) is 49.6 Å². The molecule has 4 nitrogen and oxygen atoms in total. The fraction of sp³-hybridized carbons (Fsp3) is 0. The lowest BCUT2D eigenvalue weighted by molar-refractivity contribution is 0.628. The Balaban J connectivity index is 1.87. The molecule has 0 saturated heterocycles. The number of aromatic nitrogens is 1. The van der Waals surface area contributed by atoms with Crippen LogP contribution in [0.2, 0.25) is 0 Å². The number of halogens is 1. The zero-order chi connectivity index (χ0) is 16.4. The minimum atomic E-state index is -0.283. The maximum absolute atomic E-state index is 13.2. The second-order valence-electron chi connectivity index (χ2n) is 5.29. The van der Waals surface area contributed by atoms with Crippen molar-refractivity contribution in [2.45, 2.75) is 0 Å². The Morgan fingerprint density at radius 1 is 0.792 bits per heavy atom. The summed E-state index contributed by atoms with van der Waals surface area (Å²) in [6.45, 7) is 0. The van der Waals surface area contributed by atoms with Crippen LogP contribution in [0.4, 0.5) is 15.8 Å². The molecule has 0 saturated carbocycles. The minimum Gasteiger partial charge on any atom is -0.338 e. The van der Waals surface area contributed by atoms with Crippen LogP contribution in [0.3, 0.4) is 0 Å². The van der Waals surface area contributed by atoms with Crippen molar-refractivity contribution in [2.24, 2.45) is 9.98 Å². The summed E-state index contributed by atoms with van der Waals surface area (Å²) in [6.07, 6.45) is 3.43. The smallest absolute Gasteiger partial charge is 0.163 e. The number of hydrogen-bond acceptors (Lipinski definition) is 4. The van der Waals surface area contributed by atoms with Crippen molar-refractivity contribution in [3.63, 3.8) is 0 Å². The van der Waals surface area contributed by atoms with Crippen LogP contribution in [0.5, 0.6) is 0 Å². The van der Waals surface area contributed by atoms with E-state index in [1.54, 1.807) is 24.5 Å². The molecule has 0 bridgehead atoms. The molecule has 2 heterocycles. The van der Waals surface area contributed by atoms with Crippen molar-refractivity contribution < 1.29 is 4.39 Å². The lowest BCUT2D eigenvalue weighted by Gasteiger charge is -2.09. The number of aliphatic imine (C=N–C) groups is 2. The fourth-order valence-corrected chi connectivity index (χ4v) is 2.45. The minimum absolute atomic E-state index is 0.283. The van der Waals surface area contributed by atoms with E-state index in [4.69, 9.17) is 0 Å². The molecular formula is C19H13FN4. The van der Waals surface area contributed by atoms with Gasteiger partial charge in [-0.3, -0.25) is 4.98 Å². The van der Waals surface area contributed by atoms with Crippen LogP contribution in [0.15, 0.2) is 83.0 Å². The lowest BCUT2D eigenvalue weighted by Crippen LogP contribution is -2.15. The molecule has 4 rings (SSSR count). The molecule has 0 unspecified atom stereocenters. The van der Waals surface area contributed by atoms with Crippen molar-refractivity contribution in [2.75, 3.05) is 5.32 Å². The molecule has 5 heteroatoms. The number of fused-ring (bicyclic) bond motifs is 1. The van der Waals surface area contributed by atoms with Gasteiger partial charge in [0.1, 0.15) is 11.7 Å². The highest BCUT2D eigenvalue weighted by atomic mass is 19.1. The normalized spacial score (nSPS) is 13.2. The molecule has 24 heavy (non-hydrogen) atoms. The maximum Gasteiger partial charge on any atom is 0.163 e. The highest BCUT2D eigenvalue weighted by molar-refractivity contribution is 6.19. The van der Waals surface area contributed by atoms with Gasteiger partial charge in [-0.05, 0) is 48.5 Å². The SMILES string of the molecule is Fc1ccc(C2=NC(c3cccnc3)=Nc3ccccc3N2)cc1. The number of amidine groups is 2. The Morgan fingerprint density at radius 2 is 1.62 bits per heavy atom. The number of benzene rings is 2. The molecule has 1 N–H and O–H groups in total. The summed E-state index contributed by atoms with van der Waals surface area (Å²) in [6, 6.07) is 17.7. The third-order valence-corrected chi connectivity index (χ3v) is 3.64. The summed E-state index contributed by atoms with van der Waals surface area (Å²) < 4.78 is 13.2. The van der Waals surface area contributed by atoms with Gasteiger partial charge in [0.25, 0.3) is 0 Å². The molecule has 0 atom stereocenters. The number of nitrogens with zero attached hydrogens (tertiary/aromatic N) is 3. The predicted octanol–water partition coefficient (Wildman–Crippen LogP) is 4.17. The van der Waals surface area contributed by atoms with E-state index < -0.39 is 0 Å². The van der Waals surface area contributed by atoms with E-state index in [0.717, 1.165) is 22.5 Å². The number of rotatable bonds is 2. The van der Waals surface area contributed by atoms with Crippen LogP contribution in [0, 0.1) is 5.82 Å². The molecule has 0 aliphatic carbocycles. The van der Waals surface area contributed by atoms with Crippen LogP contribution < -0.4 is 5.32 Å². The van der Waals surface area contributed by atoms with Gasteiger partial charge in [0.05, 0.1) is 11.4 Å². The van der Waals surface area contributed by atoms with Crippen LogP contribution in [0.25, 0.3) is 0 Å². The van der Waals surface area contributed by atoms with Gasteiger partial charge in [-0.25, -0.2) is 14.4 Å². The summed E-state index contributed by atoms with van der Waals surface area (Å²) in [4.78, 5) is 13.4. The van der Waals surface area contributed by atoms with E-state index in [1.807, 2.05) is 36.4 Å². The van der Waals surface area contributed by atoms with E-state index in [9.17, 15) is 4.39 Å². The van der Waals surface area contributed by atoms with E-state index in [0.29, 0.717) is 11.7 Å². The van der Waals surface area contributed by atoms with Gasteiger partial charge in [-0.1, -0.05) is 12.1 Å². The summed E-state index contributed by atoms with van der Waals surface area (Å²) in [7, 11) is 0. The van der Waals surface area contributed by atoms with Gasteiger partial charge in [-0.15, -0.1) is 0 Å². The third kappa shape index (κ3) is 2.79.